The third-order valence-electron chi connectivity index (χ3n) is 3.14. The van der Waals surface area contributed by atoms with E-state index >= 15 is 0 Å². The second-order valence-electron chi connectivity index (χ2n) is 4.99. The molecular formula is C14H23N3. The second kappa shape index (κ2) is 6.72. The molecule has 1 aromatic heterocycles. The van der Waals surface area contributed by atoms with Crippen molar-refractivity contribution in [3.8, 4) is 0 Å². The first kappa shape index (κ1) is 12.5. The summed E-state index contributed by atoms with van der Waals surface area (Å²) in [6.45, 7) is 3.29. The van der Waals surface area contributed by atoms with Gasteiger partial charge in [0, 0.05) is 18.8 Å². The van der Waals surface area contributed by atoms with Crippen LogP contribution in [0.1, 0.15) is 31.4 Å². The van der Waals surface area contributed by atoms with Gasteiger partial charge in [0.2, 0.25) is 0 Å². The van der Waals surface area contributed by atoms with Crippen LogP contribution in [-0.4, -0.2) is 36.1 Å². The highest BCUT2D eigenvalue weighted by Crippen LogP contribution is 2.18. The molecule has 0 amide bonds. The molecule has 1 heterocycles. The maximum atomic E-state index is 4.34. The molecule has 1 aliphatic carbocycles. The number of nitrogens with zero attached hydrogens (tertiary/aromatic N) is 2. The van der Waals surface area contributed by atoms with E-state index in [2.05, 4.69) is 34.4 Å². The first-order valence-electron chi connectivity index (χ1n) is 6.66. The third-order valence-corrected chi connectivity index (χ3v) is 3.14. The number of hydrogen-bond acceptors (Lipinski definition) is 3. The summed E-state index contributed by atoms with van der Waals surface area (Å²) in [4.78, 5) is 6.69. The van der Waals surface area contributed by atoms with Gasteiger partial charge in [-0.3, -0.25) is 4.98 Å². The van der Waals surface area contributed by atoms with Gasteiger partial charge in [-0.2, -0.15) is 0 Å². The molecule has 1 aliphatic rings. The SMILES string of the molecule is CN(CCCCNC1CC1)Cc1ccccn1. The molecule has 1 saturated carbocycles. The molecule has 17 heavy (non-hydrogen) atoms. The molecule has 1 aromatic rings. The largest absolute Gasteiger partial charge is 0.314 e. The van der Waals surface area contributed by atoms with Crippen molar-refractivity contribution in [2.45, 2.75) is 38.3 Å². The quantitative estimate of drug-likeness (QED) is 0.697. The van der Waals surface area contributed by atoms with Crippen molar-refractivity contribution in [2.24, 2.45) is 0 Å². The molecule has 0 aromatic carbocycles. The predicted octanol–water partition coefficient (Wildman–Crippen LogP) is 2.05. The van der Waals surface area contributed by atoms with E-state index in [9.17, 15) is 0 Å². The van der Waals surface area contributed by atoms with Crippen LogP contribution in [-0.2, 0) is 6.54 Å². The molecule has 0 bridgehead atoms. The van der Waals surface area contributed by atoms with Crippen LogP contribution in [0.4, 0.5) is 0 Å². The van der Waals surface area contributed by atoms with Crippen LogP contribution in [0.2, 0.25) is 0 Å². The minimum Gasteiger partial charge on any atom is -0.314 e. The van der Waals surface area contributed by atoms with Gasteiger partial charge < -0.3 is 10.2 Å². The number of pyridine rings is 1. The fourth-order valence-corrected chi connectivity index (χ4v) is 1.95. The summed E-state index contributed by atoms with van der Waals surface area (Å²) < 4.78 is 0. The molecular weight excluding hydrogens is 210 g/mol. The van der Waals surface area contributed by atoms with Crippen molar-refractivity contribution in [3.63, 3.8) is 0 Å². The zero-order chi connectivity index (χ0) is 11.9. The average Bonchev–Trinajstić information content (AvgIpc) is 3.14. The lowest BCUT2D eigenvalue weighted by Gasteiger charge is -2.15. The molecule has 94 valence electrons. The molecule has 0 atom stereocenters. The lowest BCUT2D eigenvalue weighted by atomic mass is 10.2. The summed E-state index contributed by atoms with van der Waals surface area (Å²) in [5, 5.41) is 3.55. The summed E-state index contributed by atoms with van der Waals surface area (Å²) in [6.07, 6.45) is 7.19. The average molecular weight is 233 g/mol. The van der Waals surface area contributed by atoms with E-state index < -0.39 is 0 Å². The fourth-order valence-electron chi connectivity index (χ4n) is 1.95. The zero-order valence-corrected chi connectivity index (χ0v) is 10.7. The minimum absolute atomic E-state index is 0.848. The number of aromatic nitrogens is 1. The smallest absolute Gasteiger partial charge is 0.0543 e. The van der Waals surface area contributed by atoms with Crippen LogP contribution in [0.15, 0.2) is 24.4 Å². The zero-order valence-electron chi connectivity index (χ0n) is 10.7. The Morgan fingerprint density at radius 1 is 1.35 bits per heavy atom. The molecule has 0 unspecified atom stereocenters. The molecule has 0 aliphatic heterocycles. The van der Waals surface area contributed by atoms with E-state index in [0.29, 0.717) is 0 Å². The summed E-state index contributed by atoms with van der Waals surface area (Å²) in [7, 11) is 2.17. The Labute approximate surface area is 104 Å². The summed E-state index contributed by atoms with van der Waals surface area (Å²) >= 11 is 0. The standard InChI is InChI=1S/C14H23N3/c1-17(12-14-6-2-3-9-16-14)11-5-4-10-15-13-7-8-13/h2-3,6,9,13,15H,4-5,7-8,10-12H2,1H3. The van der Waals surface area contributed by atoms with Crippen molar-refractivity contribution >= 4 is 0 Å². The Hall–Kier alpha value is -0.930. The van der Waals surface area contributed by atoms with Crippen LogP contribution in [0.3, 0.4) is 0 Å². The number of unbranched alkanes of at least 4 members (excludes halogenated alkanes) is 1. The van der Waals surface area contributed by atoms with E-state index in [1.165, 1.54) is 32.2 Å². The Morgan fingerprint density at radius 2 is 2.24 bits per heavy atom. The number of nitrogens with one attached hydrogen (secondary N) is 1. The molecule has 1 N–H and O–H groups in total. The van der Waals surface area contributed by atoms with E-state index in [1.807, 2.05) is 12.3 Å². The van der Waals surface area contributed by atoms with Crippen LogP contribution in [0.5, 0.6) is 0 Å². The van der Waals surface area contributed by atoms with Gasteiger partial charge in [0.25, 0.3) is 0 Å². The highest BCUT2D eigenvalue weighted by atomic mass is 15.1. The summed E-state index contributed by atoms with van der Waals surface area (Å²) in [6, 6.07) is 6.95. The predicted molar refractivity (Wildman–Crippen MR) is 70.8 cm³/mol. The van der Waals surface area contributed by atoms with E-state index in [4.69, 9.17) is 0 Å². The monoisotopic (exact) mass is 233 g/mol. The van der Waals surface area contributed by atoms with Crippen molar-refractivity contribution in [2.75, 3.05) is 20.1 Å². The lowest BCUT2D eigenvalue weighted by Crippen LogP contribution is -2.22. The summed E-state index contributed by atoms with van der Waals surface area (Å²) in [5.74, 6) is 0. The van der Waals surface area contributed by atoms with Gasteiger partial charge in [-0.1, -0.05) is 6.07 Å². The number of hydrogen-bond donors (Lipinski definition) is 1. The highest BCUT2D eigenvalue weighted by Gasteiger charge is 2.19. The van der Waals surface area contributed by atoms with Gasteiger partial charge in [-0.05, 0) is 58.0 Å². The van der Waals surface area contributed by atoms with Gasteiger partial charge in [-0.15, -0.1) is 0 Å². The van der Waals surface area contributed by atoms with Crippen LogP contribution in [0, 0.1) is 0 Å². The van der Waals surface area contributed by atoms with Gasteiger partial charge in [-0.25, -0.2) is 0 Å². The molecule has 1 fully saturated rings. The first-order chi connectivity index (χ1) is 8.34. The maximum Gasteiger partial charge on any atom is 0.0543 e. The van der Waals surface area contributed by atoms with Crippen LogP contribution >= 0.6 is 0 Å². The third kappa shape index (κ3) is 5.29. The van der Waals surface area contributed by atoms with Gasteiger partial charge in [0.15, 0.2) is 0 Å². The molecule has 2 rings (SSSR count). The van der Waals surface area contributed by atoms with Gasteiger partial charge >= 0.3 is 0 Å². The lowest BCUT2D eigenvalue weighted by molar-refractivity contribution is 0.314. The molecule has 3 nitrogen and oxygen atoms in total. The number of rotatable bonds is 8. The Balaban J connectivity index is 1.52. The van der Waals surface area contributed by atoms with E-state index in [-0.39, 0.29) is 0 Å². The maximum absolute atomic E-state index is 4.34. The minimum atomic E-state index is 0.848. The Bertz CT molecular complexity index is 309. The van der Waals surface area contributed by atoms with Gasteiger partial charge in [0.1, 0.15) is 0 Å². The Kier molecular flexibility index (Phi) is 4.95. The molecule has 0 saturated heterocycles. The highest BCUT2D eigenvalue weighted by molar-refractivity contribution is 5.02. The topological polar surface area (TPSA) is 28.2 Å². The summed E-state index contributed by atoms with van der Waals surface area (Å²) in [5.41, 5.74) is 1.16. The second-order valence-corrected chi connectivity index (χ2v) is 4.99. The normalized spacial score (nSPS) is 15.4. The van der Waals surface area contributed by atoms with Crippen LogP contribution in [0.25, 0.3) is 0 Å². The van der Waals surface area contributed by atoms with E-state index in [1.54, 1.807) is 0 Å². The van der Waals surface area contributed by atoms with Crippen molar-refractivity contribution in [3.05, 3.63) is 30.1 Å². The van der Waals surface area contributed by atoms with Gasteiger partial charge in [0.05, 0.1) is 5.69 Å². The van der Waals surface area contributed by atoms with E-state index in [0.717, 1.165) is 24.8 Å². The van der Waals surface area contributed by atoms with Crippen molar-refractivity contribution in [1.82, 2.24) is 15.2 Å². The van der Waals surface area contributed by atoms with Crippen LogP contribution < -0.4 is 5.32 Å². The molecule has 0 spiro atoms. The molecule has 0 radical (unpaired) electrons. The molecule has 3 heteroatoms. The first-order valence-corrected chi connectivity index (χ1v) is 6.66. The van der Waals surface area contributed by atoms with Crippen molar-refractivity contribution < 1.29 is 0 Å². The van der Waals surface area contributed by atoms with Crippen molar-refractivity contribution in [1.29, 1.82) is 0 Å². The fraction of sp³-hybridized carbons (Fsp3) is 0.643. The Morgan fingerprint density at radius 3 is 2.94 bits per heavy atom.